The van der Waals surface area contributed by atoms with Crippen LogP contribution in [0.3, 0.4) is 0 Å². The Morgan fingerprint density at radius 1 is 1.29 bits per heavy atom. The first kappa shape index (κ1) is 23.1. The van der Waals surface area contributed by atoms with E-state index >= 15 is 0 Å². The molecule has 3 nitrogen and oxygen atoms in total. The van der Waals surface area contributed by atoms with Crippen LogP contribution in [0.2, 0.25) is 0 Å². The van der Waals surface area contributed by atoms with Crippen LogP contribution in [0.4, 0.5) is 13.2 Å². The molecule has 0 radical (unpaired) electrons. The summed E-state index contributed by atoms with van der Waals surface area (Å²) < 4.78 is 36.2. The Morgan fingerprint density at radius 3 is 2.38 bits per heavy atom. The first-order valence-electron chi connectivity index (χ1n) is 7.34. The summed E-state index contributed by atoms with van der Waals surface area (Å²) in [6.07, 6.45) is -1.75. The molecule has 8 heteroatoms. The molecule has 0 aromatic rings. The summed E-state index contributed by atoms with van der Waals surface area (Å²) in [5.41, 5.74) is 7.33. The summed E-state index contributed by atoms with van der Waals surface area (Å²) >= 11 is 11.8. The zero-order chi connectivity index (χ0) is 18.8. The number of allylic oxidation sites excluding steroid dienone is 3. The average molecular weight is 386 g/mol. The van der Waals surface area contributed by atoms with Crippen LogP contribution < -0.4 is 16.2 Å². The first-order chi connectivity index (χ1) is 11.1. The number of hydrazine groups is 1. The van der Waals surface area contributed by atoms with Crippen molar-refractivity contribution in [2.75, 3.05) is 19.0 Å². The Bertz CT molecular complexity index is 481. The fraction of sp³-hybridized carbons (Fsp3) is 0.500. The zero-order valence-electron chi connectivity index (χ0n) is 13.9. The Morgan fingerprint density at radius 2 is 1.92 bits per heavy atom. The second-order valence-electron chi connectivity index (χ2n) is 5.21. The van der Waals surface area contributed by atoms with Crippen LogP contribution >= 0.6 is 23.2 Å². The van der Waals surface area contributed by atoms with E-state index in [1.54, 1.807) is 19.1 Å². The van der Waals surface area contributed by atoms with Crippen molar-refractivity contribution in [1.82, 2.24) is 16.2 Å². The molecular formula is C16H24Cl2F3N3. The molecule has 0 rings (SSSR count). The minimum Gasteiger partial charge on any atom is -0.359 e. The standard InChI is InChI=1S/C16H24Cl2F3N3/c1-5-15(24-13(4)11(2)9-17)8-14(12(3)18)10-23-22-7-6-16(19,20)21/h5,8,11,22-24H,1,4,6-7,9-10H2,2-3H3/b14-12-,15-8+. The third-order valence-corrected chi connectivity index (χ3v) is 3.77. The van der Waals surface area contributed by atoms with Crippen LogP contribution in [0.1, 0.15) is 20.3 Å². The molecule has 0 fully saturated rings. The number of nitrogens with one attached hydrogen (secondary N) is 3. The largest absolute Gasteiger partial charge is 0.390 e. The van der Waals surface area contributed by atoms with Crippen LogP contribution in [-0.2, 0) is 0 Å². The van der Waals surface area contributed by atoms with E-state index in [1.807, 2.05) is 6.92 Å². The van der Waals surface area contributed by atoms with Crippen molar-refractivity contribution in [2.45, 2.75) is 26.4 Å². The number of rotatable bonds is 11. The molecule has 0 saturated heterocycles. The predicted molar refractivity (Wildman–Crippen MR) is 95.7 cm³/mol. The van der Waals surface area contributed by atoms with E-state index in [0.29, 0.717) is 22.2 Å². The molecule has 0 aromatic carbocycles. The molecule has 138 valence electrons. The summed E-state index contributed by atoms with van der Waals surface area (Å²) in [6.45, 7) is 11.3. The van der Waals surface area contributed by atoms with Gasteiger partial charge in [0.2, 0.25) is 0 Å². The fourth-order valence-corrected chi connectivity index (χ4v) is 1.77. The number of halogens is 5. The SMILES string of the molecule is C=C/C(=C\C(CNNCCC(F)(F)F)=C(/C)Cl)NC(=C)C(C)CCl. The topological polar surface area (TPSA) is 36.1 Å². The minimum absolute atomic E-state index is 0.0710. The molecule has 0 amide bonds. The smallest absolute Gasteiger partial charge is 0.359 e. The van der Waals surface area contributed by atoms with Crippen molar-refractivity contribution in [2.24, 2.45) is 5.92 Å². The van der Waals surface area contributed by atoms with Crippen LogP contribution in [0, 0.1) is 5.92 Å². The highest BCUT2D eigenvalue weighted by molar-refractivity contribution is 6.29. The van der Waals surface area contributed by atoms with Gasteiger partial charge in [0.15, 0.2) is 0 Å². The van der Waals surface area contributed by atoms with E-state index in [9.17, 15) is 13.2 Å². The van der Waals surface area contributed by atoms with Gasteiger partial charge in [-0.15, -0.1) is 11.6 Å². The third kappa shape index (κ3) is 10.8. The highest BCUT2D eigenvalue weighted by Crippen LogP contribution is 2.18. The van der Waals surface area contributed by atoms with Crippen LogP contribution in [0.15, 0.2) is 47.3 Å². The van der Waals surface area contributed by atoms with Crippen molar-refractivity contribution < 1.29 is 13.2 Å². The van der Waals surface area contributed by atoms with Gasteiger partial charge in [0.25, 0.3) is 0 Å². The average Bonchev–Trinajstić information content (AvgIpc) is 2.49. The van der Waals surface area contributed by atoms with Gasteiger partial charge in [-0.25, -0.2) is 0 Å². The van der Waals surface area contributed by atoms with Crippen molar-refractivity contribution >= 4 is 23.2 Å². The van der Waals surface area contributed by atoms with Gasteiger partial charge in [-0.1, -0.05) is 31.7 Å². The van der Waals surface area contributed by atoms with Crippen molar-refractivity contribution in [3.05, 3.63) is 47.3 Å². The van der Waals surface area contributed by atoms with Crippen LogP contribution in [0.25, 0.3) is 0 Å². The lowest BCUT2D eigenvalue weighted by molar-refractivity contribution is -0.133. The van der Waals surface area contributed by atoms with Crippen molar-refractivity contribution in [1.29, 1.82) is 0 Å². The molecule has 24 heavy (non-hydrogen) atoms. The lowest BCUT2D eigenvalue weighted by atomic mass is 10.1. The summed E-state index contributed by atoms with van der Waals surface area (Å²) in [6, 6.07) is 0. The van der Waals surface area contributed by atoms with E-state index in [0.717, 1.165) is 5.70 Å². The Labute approximate surface area is 151 Å². The highest BCUT2D eigenvalue weighted by atomic mass is 35.5. The summed E-state index contributed by atoms with van der Waals surface area (Å²) in [4.78, 5) is 0. The minimum atomic E-state index is -4.19. The van der Waals surface area contributed by atoms with Gasteiger partial charge < -0.3 is 5.32 Å². The maximum Gasteiger partial charge on any atom is 0.390 e. The van der Waals surface area contributed by atoms with E-state index in [-0.39, 0.29) is 19.0 Å². The Kier molecular flexibility index (Phi) is 11.1. The molecule has 1 unspecified atom stereocenters. The van der Waals surface area contributed by atoms with Crippen molar-refractivity contribution in [3.8, 4) is 0 Å². The van der Waals surface area contributed by atoms with Crippen molar-refractivity contribution in [3.63, 3.8) is 0 Å². The van der Waals surface area contributed by atoms with E-state index < -0.39 is 12.6 Å². The zero-order valence-corrected chi connectivity index (χ0v) is 15.4. The molecule has 0 aliphatic carbocycles. The van der Waals surface area contributed by atoms with E-state index in [1.165, 1.54) is 0 Å². The molecule has 0 bridgehead atoms. The molecule has 0 aliphatic heterocycles. The fourth-order valence-electron chi connectivity index (χ4n) is 1.46. The highest BCUT2D eigenvalue weighted by Gasteiger charge is 2.25. The van der Waals surface area contributed by atoms with Crippen LogP contribution in [0.5, 0.6) is 0 Å². The quantitative estimate of drug-likeness (QED) is 0.210. The lowest BCUT2D eigenvalue weighted by Crippen LogP contribution is -2.36. The monoisotopic (exact) mass is 385 g/mol. The van der Waals surface area contributed by atoms with E-state index in [2.05, 4.69) is 29.3 Å². The maximum atomic E-state index is 12.1. The van der Waals surface area contributed by atoms with Crippen LogP contribution in [-0.4, -0.2) is 25.1 Å². The summed E-state index contributed by atoms with van der Waals surface area (Å²) in [5.74, 6) is 0.500. The molecule has 0 aromatic heterocycles. The van der Waals surface area contributed by atoms with Gasteiger partial charge in [-0.05, 0) is 24.6 Å². The normalized spacial score (nSPS) is 14.9. The maximum absolute atomic E-state index is 12.1. The second kappa shape index (κ2) is 11.6. The van der Waals surface area contributed by atoms with Gasteiger partial charge in [0, 0.05) is 41.3 Å². The second-order valence-corrected chi connectivity index (χ2v) is 6.09. The van der Waals surface area contributed by atoms with E-state index in [4.69, 9.17) is 23.2 Å². The lowest BCUT2D eigenvalue weighted by Gasteiger charge is -2.16. The molecule has 3 N–H and O–H groups in total. The number of hydrogen-bond donors (Lipinski definition) is 3. The molecule has 0 heterocycles. The van der Waals surface area contributed by atoms with Gasteiger partial charge in [0.05, 0.1) is 6.42 Å². The molecule has 0 saturated carbocycles. The first-order valence-corrected chi connectivity index (χ1v) is 8.25. The van der Waals surface area contributed by atoms with Gasteiger partial charge in [0.1, 0.15) is 0 Å². The summed E-state index contributed by atoms with van der Waals surface area (Å²) in [5, 5.41) is 3.61. The molecule has 0 spiro atoms. The predicted octanol–water partition coefficient (Wildman–Crippen LogP) is 4.59. The third-order valence-electron chi connectivity index (χ3n) is 3.06. The number of hydrogen-bond acceptors (Lipinski definition) is 3. The Balaban J connectivity index is 4.67. The number of alkyl halides is 4. The molecule has 0 aliphatic rings. The summed E-state index contributed by atoms with van der Waals surface area (Å²) in [7, 11) is 0. The van der Waals surface area contributed by atoms with Gasteiger partial charge in [-0.2, -0.15) is 13.2 Å². The van der Waals surface area contributed by atoms with Gasteiger partial charge in [-0.3, -0.25) is 10.9 Å². The molecule has 1 atom stereocenters. The Hall–Kier alpha value is -0.950. The van der Waals surface area contributed by atoms with Gasteiger partial charge >= 0.3 is 6.18 Å². The molecular weight excluding hydrogens is 362 g/mol.